The van der Waals surface area contributed by atoms with Crippen molar-refractivity contribution in [3.05, 3.63) is 11.9 Å². The number of hydrogen-bond donors (Lipinski definition) is 1. The molecule has 1 saturated heterocycles. The fraction of sp³-hybridized carbons (Fsp3) is 0.714. The lowest BCUT2D eigenvalue weighted by Gasteiger charge is -2.33. The molecule has 0 saturated carbocycles. The van der Waals surface area contributed by atoms with Gasteiger partial charge in [0, 0.05) is 31.7 Å². The zero-order valence-corrected chi connectivity index (χ0v) is 12.3. The van der Waals surface area contributed by atoms with Gasteiger partial charge in [-0.25, -0.2) is 9.97 Å². The number of rotatable bonds is 2. The second-order valence-corrected chi connectivity index (χ2v) is 6.17. The van der Waals surface area contributed by atoms with Crippen LogP contribution in [0.25, 0.3) is 0 Å². The summed E-state index contributed by atoms with van der Waals surface area (Å²) in [6.45, 7) is 8.16. The average molecular weight is 264 g/mol. The Labute approximate surface area is 115 Å². The van der Waals surface area contributed by atoms with Crippen molar-refractivity contribution in [1.82, 2.24) is 9.97 Å². The Kier molecular flexibility index (Phi) is 3.94. The van der Waals surface area contributed by atoms with Gasteiger partial charge in [0.15, 0.2) is 0 Å². The third-order valence-corrected chi connectivity index (χ3v) is 3.44. The highest BCUT2D eigenvalue weighted by Crippen LogP contribution is 2.25. The van der Waals surface area contributed by atoms with Crippen molar-refractivity contribution >= 4 is 11.6 Å². The van der Waals surface area contributed by atoms with E-state index in [0.717, 1.165) is 37.6 Å². The molecular formula is C14H24N4O. The van der Waals surface area contributed by atoms with Crippen LogP contribution in [0.15, 0.2) is 6.07 Å². The molecule has 2 N–H and O–H groups in total. The number of methoxy groups -OCH3 is 1. The summed E-state index contributed by atoms with van der Waals surface area (Å²) in [5, 5.41) is 0. The molecule has 19 heavy (non-hydrogen) atoms. The molecule has 1 aliphatic heterocycles. The number of hydrogen-bond acceptors (Lipinski definition) is 5. The van der Waals surface area contributed by atoms with Crippen LogP contribution in [0.3, 0.4) is 0 Å². The molecule has 0 aliphatic carbocycles. The van der Waals surface area contributed by atoms with Crippen LogP contribution in [0.1, 0.15) is 39.4 Å². The van der Waals surface area contributed by atoms with Gasteiger partial charge in [-0.15, -0.1) is 0 Å². The molecule has 5 heteroatoms. The lowest BCUT2D eigenvalue weighted by atomic mass is 9.95. The first-order chi connectivity index (χ1) is 8.90. The van der Waals surface area contributed by atoms with E-state index in [1.165, 1.54) is 0 Å². The van der Waals surface area contributed by atoms with Gasteiger partial charge in [0.1, 0.15) is 17.5 Å². The first kappa shape index (κ1) is 14.1. The van der Waals surface area contributed by atoms with Crippen molar-refractivity contribution < 1.29 is 4.74 Å². The van der Waals surface area contributed by atoms with Crippen LogP contribution >= 0.6 is 0 Å². The maximum absolute atomic E-state index is 5.92. The van der Waals surface area contributed by atoms with Crippen molar-refractivity contribution in [1.29, 1.82) is 0 Å². The maximum atomic E-state index is 5.92. The SMILES string of the molecule is COC1CCCN(c2cc(N)nc(C(C)(C)C)n2)C1. The quantitative estimate of drug-likeness (QED) is 0.884. The first-order valence-corrected chi connectivity index (χ1v) is 6.83. The van der Waals surface area contributed by atoms with E-state index in [9.17, 15) is 0 Å². The zero-order valence-electron chi connectivity index (χ0n) is 12.3. The van der Waals surface area contributed by atoms with E-state index in [-0.39, 0.29) is 11.5 Å². The fourth-order valence-corrected chi connectivity index (χ4v) is 2.29. The highest BCUT2D eigenvalue weighted by atomic mass is 16.5. The van der Waals surface area contributed by atoms with Gasteiger partial charge >= 0.3 is 0 Å². The van der Waals surface area contributed by atoms with Gasteiger partial charge in [0.05, 0.1) is 6.10 Å². The topological polar surface area (TPSA) is 64.3 Å². The smallest absolute Gasteiger partial charge is 0.138 e. The number of nitrogens with zero attached hydrogens (tertiary/aromatic N) is 3. The largest absolute Gasteiger partial charge is 0.384 e. The van der Waals surface area contributed by atoms with E-state index in [0.29, 0.717) is 5.82 Å². The van der Waals surface area contributed by atoms with E-state index in [1.54, 1.807) is 7.11 Å². The predicted molar refractivity (Wildman–Crippen MR) is 77.4 cm³/mol. The minimum atomic E-state index is -0.0967. The molecule has 0 spiro atoms. The molecule has 0 bridgehead atoms. The standard InChI is InChI=1S/C14H24N4O/c1-14(2,3)13-16-11(15)8-12(17-13)18-7-5-6-10(9-18)19-4/h8,10H,5-7,9H2,1-4H3,(H2,15,16,17). The summed E-state index contributed by atoms with van der Waals surface area (Å²) < 4.78 is 5.45. The van der Waals surface area contributed by atoms with Crippen molar-refractivity contribution in [2.45, 2.75) is 45.1 Å². The Balaban J connectivity index is 2.26. The van der Waals surface area contributed by atoms with E-state index in [1.807, 2.05) is 6.07 Å². The molecule has 1 aliphatic rings. The number of nitrogen functional groups attached to an aromatic ring is 1. The van der Waals surface area contributed by atoms with Gasteiger partial charge < -0.3 is 15.4 Å². The lowest BCUT2D eigenvalue weighted by Crippen LogP contribution is -2.40. The molecule has 2 heterocycles. The van der Waals surface area contributed by atoms with Crippen molar-refractivity contribution in [3.63, 3.8) is 0 Å². The Morgan fingerprint density at radius 2 is 2.11 bits per heavy atom. The molecule has 0 radical (unpaired) electrons. The second-order valence-electron chi connectivity index (χ2n) is 6.17. The van der Waals surface area contributed by atoms with Gasteiger partial charge in [0.25, 0.3) is 0 Å². The summed E-state index contributed by atoms with van der Waals surface area (Å²) in [7, 11) is 1.77. The van der Waals surface area contributed by atoms with Crippen molar-refractivity contribution in [2.75, 3.05) is 30.8 Å². The number of anilines is 2. The Bertz CT molecular complexity index is 442. The van der Waals surface area contributed by atoms with Crippen molar-refractivity contribution in [2.24, 2.45) is 0 Å². The summed E-state index contributed by atoms with van der Waals surface area (Å²) in [5.74, 6) is 2.25. The number of aromatic nitrogens is 2. The zero-order chi connectivity index (χ0) is 14.0. The Morgan fingerprint density at radius 1 is 1.37 bits per heavy atom. The number of nitrogens with two attached hydrogens (primary N) is 1. The van der Waals surface area contributed by atoms with E-state index < -0.39 is 0 Å². The highest BCUT2D eigenvalue weighted by Gasteiger charge is 2.24. The van der Waals surface area contributed by atoms with Gasteiger partial charge in [-0.1, -0.05) is 20.8 Å². The average Bonchev–Trinajstić information content (AvgIpc) is 2.37. The number of ether oxygens (including phenoxy) is 1. The maximum Gasteiger partial charge on any atom is 0.138 e. The van der Waals surface area contributed by atoms with Crippen LogP contribution in [-0.2, 0) is 10.2 Å². The molecular weight excluding hydrogens is 240 g/mol. The molecule has 1 fully saturated rings. The second kappa shape index (κ2) is 5.33. The minimum Gasteiger partial charge on any atom is -0.384 e. The molecule has 2 rings (SSSR count). The van der Waals surface area contributed by atoms with Crippen LogP contribution < -0.4 is 10.6 Å². The normalized spacial score (nSPS) is 20.6. The molecule has 106 valence electrons. The van der Waals surface area contributed by atoms with E-state index in [4.69, 9.17) is 10.5 Å². The molecule has 0 amide bonds. The van der Waals surface area contributed by atoms with Crippen LogP contribution in [0.5, 0.6) is 0 Å². The van der Waals surface area contributed by atoms with Crippen molar-refractivity contribution in [3.8, 4) is 0 Å². The Hall–Kier alpha value is -1.36. The summed E-state index contributed by atoms with van der Waals surface area (Å²) in [5.41, 5.74) is 5.82. The van der Waals surface area contributed by atoms with Crippen LogP contribution in [0.4, 0.5) is 11.6 Å². The summed E-state index contributed by atoms with van der Waals surface area (Å²) >= 11 is 0. The number of piperidine rings is 1. The summed E-state index contributed by atoms with van der Waals surface area (Å²) in [6.07, 6.45) is 2.51. The van der Waals surface area contributed by atoms with Gasteiger partial charge in [0.2, 0.25) is 0 Å². The van der Waals surface area contributed by atoms with Crippen LogP contribution in [-0.4, -0.2) is 36.3 Å². The monoisotopic (exact) mass is 264 g/mol. The molecule has 1 atom stereocenters. The van der Waals surface area contributed by atoms with Gasteiger partial charge in [-0.2, -0.15) is 0 Å². The molecule has 0 aromatic carbocycles. The van der Waals surface area contributed by atoms with E-state index in [2.05, 4.69) is 35.6 Å². The molecule has 1 aromatic rings. The van der Waals surface area contributed by atoms with Gasteiger partial charge in [-0.3, -0.25) is 0 Å². The summed E-state index contributed by atoms with van der Waals surface area (Å²) in [4.78, 5) is 11.3. The van der Waals surface area contributed by atoms with Crippen LogP contribution in [0, 0.1) is 0 Å². The highest BCUT2D eigenvalue weighted by molar-refractivity contribution is 5.48. The van der Waals surface area contributed by atoms with Gasteiger partial charge in [-0.05, 0) is 12.8 Å². The van der Waals surface area contributed by atoms with Crippen LogP contribution in [0.2, 0.25) is 0 Å². The third-order valence-electron chi connectivity index (χ3n) is 3.44. The minimum absolute atomic E-state index is 0.0967. The Morgan fingerprint density at radius 3 is 2.74 bits per heavy atom. The molecule has 1 unspecified atom stereocenters. The first-order valence-electron chi connectivity index (χ1n) is 6.83. The van der Waals surface area contributed by atoms with E-state index >= 15 is 0 Å². The third kappa shape index (κ3) is 3.35. The lowest BCUT2D eigenvalue weighted by molar-refractivity contribution is 0.0891. The molecule has 1 aromatic heterocycles. The summed E-state index contributed by atoms with van der Waals surface area (Å²) in [6, 6.07) is 1.85. The molecule has 5 nitrogen and oxygen atoms in total. The predicted octanol–water partition coefficient (Wildman–Crippen LogP) is 1.97. The fourth-order valence-electron chi connectivity index (χ4n) is 2.29.